The van der Waals surface area contributed by atoms with Crippen LogP contribution in [0.2, 0.25) is 0 Å². The van der Waals surface area contributed by atoms with E-state index in [0.29, 0.717) is 17.7 Å². The van der Waals surface area contributed by atoms with Crippen molar-refractivity contribution in [3.05, 3.63) is 51.7 Å². The normalized spacial score (nSPS) is 20.8. The molecule has 1 atom stereocenters. The van der Waals surface area contributed by atoms with Gasteiger partial charge in [-0.3, -0.25) is 19.3 Å². The number of fused-ring (bicyclic) bond motifs is 2. The summed E-state index contributed by atoms with van der Waals surface area (Å²) < 4.78 is 0. The van der Waals surface area contributed by atoms with Crippen LogP contribution in [-0.4, -0.2) is 35.1 Å². The molecule has 144 valence electrons. The minimum Gasteiger partial charge on any atom is -0.325 e. The van der Waals surface area contributed by atoms with E-state index in [0.717, 1.165) is 28.2 Å². The van der Waals surface area contributed by atoms with Gasteiger partial charge < -0.3 is 10.6 Å². The molecular formula is C20H19N3O4S. The minimum absolute atomic E-state index is 0.115. The highest BCUT2D eigenvalue weighted by Gasteiger charge is 2.54. The highest BCUT2D eigenvalue weighted by molar-refractivity contribution is 7.10. The van der Waals surface area contributed by atoms with Crippen LogP contribution in [0.5, 0.6) is 0 Å². The predicted molar refractivity (Wildman–Crippen MR) is 104 cm³/mol. The molecule has 1 aliphatic carbocycles. The van der Waals surface area contributed by atoms with E-state index in [1.54, 1.807) is 35.6 Å². The number of benzene rings is 1. The zero-order chi connectivity index (χ0) is 19.9. The van der Waals surface area contributed by atoms with Crippen LogP contribution in [0.25, 0.3) is 0 Å². The Kier molecular flexibility index (Phi) is 4.50. The molecule has 4 amide bonds. The molecule has 0 unspecified atom stereocenters. The zero-order valence-electron chi connectivity index (χ0n) is 15.3. The van der Waals surface area contributed by atoms with Crippen molar-refractivity contribution < 1.29 is 19.2 Å². The second kappa shape index (κ2) is 6.87. The molecule has 2 N–H and O–H groups in total. The number of Topliss-reactive ketones (excluding diaryl/α,β-unsaturated/α-hetero) is 1. The van der Waals surface area contributed by atoms with Crippen LogP contribution in [0.3, 0.4) is 0 Å². The lowest BCUT2D eigenvalue weighted by atomic mass is 9.80. The molecule has 0 saturated carbocycles. The number of anilines is 1. The first-order valence-corrected chi connectivity index (χ1v) is 9.90. The lowest BCUT2D eigenvalue weighted by molar-refractivity contribution is -0.134. The second-order valence-electron chi connectivity index (χ2n) is 7.02. The van der Waals surface area contributed by atoms with E-state index in [-0.39, 0.29) is 18.2 Å². The Hall–Kier alpha value is -3.00. The molecule has 2 aromatic rings. The van der Waals surface area contributed by atoms with Crippen LogP contribution < -0.4 is 10.6 Å². The fourth-order valence-electron chi connectivity index (χ4n) is 3.85. The molecule has 28 heavy (non-hydrogen) atoms. The van der Waals surface area contributed by atoms with Gasteiger partial charge in [0.05, 0.1) is 0 Å². The molecule has 1 saturated heterocycles. The van der Waals surface area contributed by atoms with Crippen molar-refractivity contribution in [2.24, 2.45) is 0 Å². The molecule has 8 heteroatoms. The van der Waals surface area contributed by atoms with E-state index in [2.05, 4.69) is 10.6 Å². The summed E-state index contributed by atoms with van der Waals surface area (Å²) >= 11 is 1.58. The van der Waals surface area contributed by atoms with Gasteiger partial charge in [0.1, 0.15) is 12.1 Å². The monoisotopic (exact) mass is 397 g/mol. The number of ketones is 1. The van der Waals surface area contributed by atoms with Crippen LogP contribution in [0.4, 0.5) is 10.5 Å². The Balaban J connectivity index is 1.51. The molecule has 4 rings (SSSR count). The summed E-state index contributed by atoms with van der Waals surface area (Å²) in [6.07, 6.45) is 2.22. The van der Waals surface area contributed by atoms with Crippen molar-refractivity contribution in [3.8, 4) is 0 Å². The van der Waals surface area contributed by atoms with E-state index < -0.39 is 17.5 Å². The molecule has 0 bridgehead atoms. The Morgan fingerprint density at radius 3 is 2.89 bits per heavy atom. The first-order valence-electron chi connectivity index (χ1n) is 9.02. The topological polar surface area (TPSA) is 95.6 Å². The number of hydrogen-bond acceptors (Lipinski definition) is 5. The summed E-state index contributed by atoms with van der Waals surface area (Å²) in [4.78, 5) is 51.6. The second-order valence-corrected chi connectivity index (χ2v) is 8.02. The van der Waals surface area contributed by atoms with Gasteiger partial charge in [0.15, 0.2) is 5.78 Å². The van der Waals surface area contributed by atoms with Crippen LogP contribution in [0.15, 0.2) is 35.7 Å². The summed E-state index contributed by atoms with van der Waals surface area (Å²) in [6, 6.07) is 7.85. The maximum Gasteiger partial charge on any atom is 0.325 e. The number of thiophene rings is 1. The Labute approximate surface area is 165 Å². The van der Waals surface area contributed by atoms with Gasteiger partial charge in [0.25, 0.3) is 5.91 Å². The first-order chi connectivity index (χ1) is 13.4. The van der Waals surface area contributed by atoms with E-state index in [4.69, 9.17) is 0 Å². The van der Waals surface area contributed by atoms with Gasteiger partial charge >= 0.3 is 6.03 Å². The number of carbonyl (C=O) groups is 4. The third kappa shape index (κ3) is 2.99. The number of rotatable bonds is 4. The fourth-order valence-corrected chi connectivity index (χ4v) is 4.84. The van der Waals surface area contributed by atoms with Crippen molar-refractivity contribution in [1.82, 2.24) is 10.2 Å². The van der Waals surface area contributed by atoms with Gasteiger partial charge in [-0.1, -0.05) is 12.1 Å². The van der Waals surface area contributed by atoms with E-state index >= 15 is 0 Å². The van der Waals surface area contributed by atoms with Crippen molar-refractivity contribution >= 4 is 40.7 Å². The number of nitrogens with zero attached hydrogens (tertiary/aromatic N) is 1. The Morgan fingerprint density at radius 1 is 1.29 bits per heavy atom. The molecule has 0 radical (unpaired) electrons. The highest BCUT2D eigenvalue weighted by atomic mass is 32.1. The molecule has 2 heterocycles. The van der Waals surface area contributed by atoms with Crippen LogP contribution in [0, 0.1) is 0 Å². The largest absolute Gasteiger partial charge is 0.325 e. The smallest absolute Gasteiger partial charge is 0.325 e. The number of carbonyl (C=O) groups excluding carboxylic acids is 4. The number of imide groups is 1. The number of nitrogens with one attached hydrogen (secondary N) is 2. The van der Waals surface area contributed by atoms with Gasteiger partial charge in [-0.05, 0) is 49.8 Å². The van der Waals surface area contributed by atoms with Crippen molar-refractivity contribution in [1.29, 1.82) is 0 Å². The minimum atomic E-state index is -1.06. The first kappa shape index (κ1) is 18.4. The highest BCUT2D eigenvalue weighted by Crippen LogP contribution is 2.42. The maximum absolute atomic E-state index is 13.1. The predicted octanol–water partition coefficient (Wildman–Crippen LogP) is 2.67. The standard InChI is InChI=1S/C20H19N3O4S/c1-12(24)13-4-2-5-14(10-13)21-17(25)11-23-18(26)20(22-19(23)27)8-3-6-16-15(20)7-9-28-16/h2,4-5,7,9-10H,3,6,8,11H2,1H3,(H,21,25)(H,22,27)/t20-/m1/s1. The lowest BCUT2D eigenvalue weighted by Gasteiger charge is -2.31. The quantitative estimate of drug-likeness (QED) is 0.612. The van der Waals surface area contributed by atoms with Gasteiger partial charge in [-0.15, -0.1) is 11.3 Å². The van der Waals surface area contributed by atoms with Crippen LogP contribution in [0.1, 0.15) is 40.6 Å². The summed E-state index contributed by atoms with van der Waals surface area (Å²) in [6.45, 7) is 1.06. The van der Waals surface area contributed by atoms with E-state index in [1.165, 1.54) is 6.92 Å². The van der Waals surface area contributed by atoms with Crippen molar-refractivity contribution in [3.63, 3.8) is 0 Å². The number of urea groups is 1. The summed E-state index contributed by atoms with van der Waals surface area (Å²) in [5, 5.41) is 7.40. The Bertz CT molecular complexity index is 999. The SMILES string of the molecule is CC(=O)c1cccc(NC(=O)CN2C(=O)N[C@@]3(CCCc4sccc43)C2=O)c1. The van der Waals surface area contributed by atoms with Gasteiger partial charge in [0, 0.05) is 21.7 Å². The molecule has 7 nitrogen and oxygen atoms in total. The third-order valence-corrected chi connectivity index (χ3v) is 6.17. The average Bonchev–Trinajstić information content (AvgIpc) is 3.23. The molecule has 1 spiro atoms. The zero-order valence-corrected chi connectivity index (χ0v) is 16.1. The molecule has 2 aliphatic rings. The number of amides is 4. The summed E-state index contributed by atoms with van der Waals surface area (Å²) in [7, 11) is 0. The molecule has 1 aromatic carbocycles. The van der Waals surface area contributed by atoms with E-state index in [1.807, 2.05) is 11.4 Å². The fraction of sp³-hybridized carbons (Fsp3) is 0.300. The maximum atomic E-state index is 13.1. The van der Waals surface area contributed by atoms with Crippen LogP contribution >= 0.6 is 11.3 Å². The van der Waals surface area contributed by atoms with E-state index in [9.17, 15) is 19.2 Å². The van der Waals surface area contributed by atoms with Gasteiger partial charge in [-0.25, -0.2) is 4.79 Å². The number of aryl methyl sites for hydroxylation is 1. The molecule has 1 aromatic heterocycles. The van der Waals surface area contributed by atoms with Crippen molar-refractivity contribution in [2.75, 3.05) is 11.9 Å². The lowest BCUT2D eigenvalue weighted by Crippen LogP contribution is -2.46. The molecular weight excluding hydrogens is 378 g/mol. The molecule has 1 fully saturated rings. The third-order valence-electron chi connectivity index (χ3n) is 5.19. The van der Waals surface area contributed by atoms with Crippen LogP contribution in [-0.2, 0) is 21.5 Å². The van der Waals surface area contributed by atoms with Crippen molar-refractivity contribution in [2.45, 2.75) is 31.7 Å². The number of hydrogen-bond donors (Lipinski definition) is 2. The molecule has 1 aliphatic heterocycles. The van der Waals surface area contributed by atoms with Gasteiger partial charge in [0.2, 0.25) is 5.91 Å². The summed E-state index contributed by atoms with van der Waals surface area (Å²) in [5.41, 5.74) is 0.704. The Morgan fingerprint density at radius 2 is 2.11 bits per heavy atom. The average molecular weight is 397 g/mol. The van der Waals surface area contributed by atoms with Gasteiger partial charge in [-0.2, -0.15) is 0 Å². The summed E-state index contributed by atoms with van der Waals surface area (Å²) in [5.74, 6) is -0.997.